The summed E-state index contributed by atoms with van der Waals surface area (Å²) in [7, 11) is -15.4. The Morgan fingerprint density at radius 1 is 0.909 bits per heavy atom. The Morgan fingerprint density at radius 2 is 1.45 bits per heavy atom. The van der Waals surface area contributed by atoms with Crippen molar-refractivity contribution in [3.8, 4) is 0 Å². The maximum Gasteiger partial charge on any atom is 0.481 e. The Labute approximate surface area is 123 Å². The predicted octanol–water partition coefficient (Wildman–Crippen LogP) is -1.57. The third kappa shape index (κ3) is 6.81. The number of phosphoric acid groups is 3. The number of phosphoric ester groups is 2. The van der Waals surface area contributed by atoms with Crippen LogP contribution in [0.15, 0.2) is 0 Å². The summed E-state index contributed by atoms with van der Waals surface area (Å²) in [4.78, 5) is 43.1. The Morgan fingerprint density at radius 3 is 1.91 bits per heavy atom. The minimum Gasteiger partial charge on any atom is -0.390 e. The fourth-order valence-corrected chi connectivity index (χ4v) is 4.03. The fraction of sp³-hybridized carbons (Fsp3) is 1.00. The van der Waals surface area contributed by atoms with E-state index in [1.165, 1.54) is 0 Å². The van der Waals surface area contributed by atoms with Gasteiger partial charge in [0.2, 0.25) is 0 Å². The zero-order valence-corrected chi connectivity index (χ0v) is 13.3. The lowest BCUT2D eigenvalue weighted by molar-refractivity contribution is -0.0291. The van der Waals surface area contributed by atoms with Gasteiger partial charge in [-0.05, 0) is 6.42 Å². The van der Waals surface area contributed by atoms with Crippen LogP contribution in [0.2, 0.25) is 0 Å². The van der Waals surface area contributed by atoms with Crippen LogP contribution in [-0.2, 0) is 27.1 Å². The Kier molecular flexibility index (Phi) is 6.51. The molecule has 0 bridgehead atoms. The van der Waals surface area contributed by atoms with Crippen LogP contribution in [0.4, 0.5) is 0 Å². The lowest BCUT2D eigenvalue weighted by atomic mass is 10.1. The molecule has 0 aromatic rings. The molecule has 0 aromatic heterocycles. The SMILES string of the molecule is O=P(O)(O)OCC1CC(OP(=O)(O)OP(=O)(O)O)C(O)C1O. The van der Waals surface area contributed by atoms with E-state index in [0.29, 0.717) is 0 Å². The molecule has 0 aliphatic heterocycles. The van der Waals surface area contributed by atoms with E-state index < -0.39 is 54.3 Å². The van der Waals surface area contributed by atoms with E-state index in [0.717, 1.165) is 0 Å². The molecule has 1 rings (SSSR count). The van der Waals surface area contributed by atoms with Crippen molar-refractivity contribution in [3.05, 3.63) is 0 Å². The standard InChI is InChI=1S/C6H15O13P3/c7-5-3(2-17-20(9,10)11)1-4(6(5)8)18-22(15,16)19-21(12,13)14/h3-8H,1-2H2,(H,15,16)(H2,9,10,11)(H2,12,13,14). The first-order chi connectivity index (χ1) is 9.70. The molecule has 16 heteroatoms. The summed E-state index contributed by atoms with van der Waals surface area (Å²) in [6.07, 6.45) is -5.31. The van der Waals surface area contributed by atoms with Gasteiger partial charge in [0.1, 0.15) is 6.10 Å². The average molecular weight is 388 g/mol. The Hall–Kier alpha value is 0.290. The third-order valence-electron chi connectivity index (χ3n) is 2.68. The van der Waals surface area contributed by atoms with E-state index in [4.69, 9.17) is 24.5 Å². The van der Waals surface area contributed by atoms with Crippen molar-refractivity contribution in [2.45, 2.75) is 24.7 Å². The van der Waals surface area contributed by atoms with Gasteiger partial charge in [-0.1, -0.05) is 0 Å². The zero-order chi connectivity index (χ0) is 17.3. The van der Waals surface area contributed by atoms with Gasteiger partial charge in [0.15, 0.2) is 0 Å². The Balaban J connectivity index is 2.68. The summed E-state index contributed by atoms with van der Waals surface area (Å²) in [5, 5.41) is 19.2. The molecule has 1 aliphatic rings. The van der Waals surface area contributed by atoms with Gasteiger partial charge in [-0.15, -0.1) is 0 Å². The maximum absolute atomic E-state index is 11.3. The summed E-state index contributed by atoms with van der Waals surface area (Å²) >= 11 is 0. The quantitative estimate of drug-likeness (QED) is 0.245. The van der Waals surface area contributed by atoms with E-state index in [2.05, 4.69) is 13.4 Å². The topological polar surface area (TPSA) is 221 Å². The van der Waals surface area contributed by atoms with Crippen LogP contribution in [-0.4, -0.2) is 59.6 Å². The first-order valence-electron chi connectivity index (χ1n) is 5.54. The van der Waals surface area contributed by atoms with Crippen molar-refractivity contribution in [2.24, 2.45) is 5.92 Å². The molecule has 13 nitrogen and oxygen atoms in total. The number of hydrogen-bond donors (Lipinski definition) is 7. The molecule has 22 heavy (non-hydrogen) atoms. The summed E-state index contributed by atoms with van der Waals surface area (Å²) in [5.41, 5.74) is 0. The second-order valence-corrected chi connectivity index (χ2v) is 8.47. The molecule has 5 unspecified atom stereocenters. The molecular weight excluding hydrogens is 373 g/mol. The number of hydrogen-bond acceptors (Lipinski definition) is 8. The molecule has 0 aromatic carbocycles. The minimum atomic E-state index is -5.34. The normalized spacial score (nSPS) is 32.9. The third-order valence-corrected chi connectivity index (χ3v) is 5.38. The van der Waals surface area contributed by atoms with E-state index in [1.807, 2.05) is 0 Å². The molecule has 7 N–H and O–H groups in total. The van der Waals surface area contributed by atoms with Crippen LogP contribution in [0.1, 0.15) is 6.42 Å². The fourth-order valence-electron chi connectivity index (χ4n) is 1.87. The summed E-state index contributed by atoms with van der Waals surface area (Å²) in [6.45, 7) is -0.683. The number of aliphatic hydroxyl groups is 2. The molecule has 0 heterocycles. The van der Waals surface area contributed by atoms with Crippen molar-refractivity contribution in [3.63, 3.8) is 0 Å². The lowest BCUT2D eigenvalue weighted by Gasteiger charge is -2.20. The first kappa shape index (κ1) is 20.3. The van der Waals surface area contributed by atoms with Crippen molar-refractivity contribution in [1.29, 1.82) is 0 Å². The van der Waals surface area contributed by atoms with E-state index in [-0.39, 0.29) is 6.42 Å². The van der Waals surface area contributed by atoms with Gasteiger partial charge in [-0.25, -0.2) is 13.7 Å². The molecular formula is C6H15O13P3. The van der Waals surface area contributed by atoms with E-state index in [1.54, 1.807) is 0 Å². The van der Waals surface area contributed by atoms with Crippen LogP contribution >= 0.6 is 23.5 Å². The molecule has 1 saturated carbocycles. The summed E-state index contributed by atoms with van der Waals surface area (Å²) in [5.74, 6) is -1.05. The number of rotatable bonds is 7. The van der Waals surface area contributed by atoms with Crippen LogP contribution in [0.25, 0.3) is 0 Å². The summed E-state index contributed by atoms with van der Waals surface area (Å²) in [6, 6.07) is 0. The van der Waals surface area contributed by atoms with Crippen molar-refractivity contribution in [2.75, 3.05) is 6.61 Å². The van der Waals surface area contributed by atoms with Gasteiger partial charge in [-0.2, -0.15) is 4.31 Å². The highest BCUT2D eigenvalue weighted by Crippen LogP contribution is 2.59. The molecule has 0 radical (unpaired) electrons. The van der Waals surface area contributed by atoms with Crippen LogP contribution in [0.3, 0.4) is 0 Å². The second kappa shape index (κ2) is 7.04. The highest BCUT2D eigenvalue weighted by atomic mass is 31.3. The molecule has 0 spiro atoms. The second-order valence-electron chi connectivity index (χ2n) is 4.45. The molecule has 5 atom stereocenters. The summed E-state index contributed by atoms with van der Waals surface area (Å²) < 4.78 is 44.4. The van der Waals surface area contributed by atoms with Crippen molar-refractivity contribution < 1.29 is 61.7 Å². The first-order valence-corrected chi connectivity index (χ1v) is 10.1. The number of aliphatic hydroxyl groups excluding tert-OH is 2. The molecule has 0 amide bonds. The van der Waals surface area contributed by atoms with Gasteiger partial charge < -0.3 is 34.7 Å². The van der Waals surface area contributed by atoms with Crippen molar-refractivity contribution in [1.82, 2.24) is 0 Å². The Bertz CT molecular complexity index is 522. The monoisotopic (exact) mass is 388 g/mol. The zero-order valence-electron chi connectivity index (χ0n) is 10.6. The van der Waals surface area contributed by atoms with Crippen LogP contribution in [0, 0.1) is 5.92 Å². The van der Waals surface area contributed by atoms with E-state index in [9.17, 15) is 23.9 Å². The minimum absolute atomic E-state index is 0.378. The highest BCUT2D eigenvalue weighted by molar-refractivity contribution is 7.60. The molecule has 1 fully saturated rings. The van der Waals surface area contributed by atoms with Gasteiger partial charge >= 0.3 is 23.5 Å². The molecule has 132 valence electrons. The largest absolute Gasteiger partial charge is 0.481 e. The molecule has 1 aliphatic carbocycles. The smallest absolute Gasteiger partial charge is 0.390 e. The highest BCUT2D eigenvalue weighted by Gasteiger charge is 2.47. The predicted molar refractivity (Wildman–Crippen MR) is 65.9 cm³/mol. The average Bonchev–Trinajstić information content (AvgIpc) is 2.49. The van der Waals surface area contributed by atoms with Crippen molar-refractivity contribution >= 4 is 23.5 Å². The molecule has 0 saturated heterocycles. The van der Waals surface area contributed by atoms with Gasteiger partial charge in [0.05, 0.1) is 18.8 Å². The van der Waals surface area contributed by atoms with E-state index >= 15 is 0 Å². The van der Waals surface area contributed by atoms with Gasteiger partial charge in [0, 0.05) is 5.92 Å². The van der Waals surface area contributed by atoms with Crippen LogP contribution < -0.4 is 0 Å². The maximum atomic E-state index is 11.3. The van der Waals surface area contributed by atoms with Crippen LogP contribution in [0.5, 0.6) is 0 Å². The lowest BCUT2D eigenvalue weighted by Crippen LogP contribution is -2.32. The van der Waals surface area contributed by atoms with Gasteiger partial charge in [-0.3, -0.25) is 9.05 Å². The van der Waals surface area contributed by atoms with Gasteiger partial charge in [0.25, 0.3) is 0 Å².